The van der Waals surface area contributed by atoms with Crippen molar-refractivity contribution >= 4 is 32.4 Å². The summed E-state index contributed by atoms with van der Waals surface area (Å²) in [5.74, 6) is -1.01. The van der Waals surface area contributed by atoms with Gasteiger partial charge in [-0.3, -0.25) is 0 Å². The van der Waals surface area contributed by atoms with Crippen LogP contribution in [0.15, 0.2) is 42.5 Å². The molecule has 0 saturated carbocycles. The normalized spacial score (nSPS) is 10.7. The van der Waals surface area contributed by atoms with Gasteiger partial charge in [0.05, 0.1) is 10.2 Å². The van der Waals surface area contributed by atoms with Crippen molar-refractivity contribution in [3.8, 4) is 5.75 Å². The van der Waals surface area contributed by atoms with Gasteiger partial charge in [0, 0.05) is 11.8 Å². The maximum atomic E-state index is 12.9. The molecule has 90 valence electrons. The predicted octanol–water partition coefficient (Wildman–Crippen LogP) is 3.88. The first-order valence-electron chi connectivity index (χ1n) is 5.33. The second kappa shape index (κ2) is 4.27. The monoisotopic (exact) mass is 260 g/mol. The van der Waals surface area contributed by atoms with Gasteiger partial charge < -0.3 is 10.4 Å². The highest BCUT2D eigenvalue weighted by atomic mass is 32.1. The van der Waals surface area contributed by atoms with Crippen molar-refractivity contribution in [3.05, 3.63) is 48.3 Å². The van der Waals surface area contributed by atoms with E-state index in [9.17, 15) is 9.50 Å². The molecular formula is C13H9FN2OS. The SMILES string of the molecule is Oc1cc(Nc2nc3ccccc3s2)ccc1F. The van der Waals surface area contributed by atoms with E-state index in [1.54, 1.807) is 6.07 Å². The Morgan fingerprint density at radius 1 is 1.17 bits per heavy atom. The molecule has 0 aliphatic heterocycles. The summed E-state index contributed by atoms with van der Waals surface area (Å²) in [6.07, 6.45) is 0. The van der Waals surface area contributed by atoms with Crippen LogP contribution in [0.25, 0.3) is 10.2 Å². The number of nitrogens with zero attached hydrogens (tertiary/aromatic N) is 1. The number of halogens is 1. The molecule has 0 amide bonds. The van der Waals surface area contributed by atoms with Gasteiger partial charge in [-0.1, -0.05) is 23.5 Å². The molecule has 1 heterocycles. The third-order valence-corrected chi connectivity index (χ3v) is 3.44. The zero-order valence-electron chi connectivity index (χ0n) is 9.22. The summed E-state index contributed by atoms with van der Waals surface area (Å²) in [6.45, 7) is 0. The average Bonchev–Trinajstić information content (AvgIpc) is 2.76. The number of phenolic OH excluding ortho intramolecular Hbond substituents is 1. The van der Waals surface area contributed by atoms with Crippen molar-refractivity contribution in [2.75, 3.05) is 5.32 Å². The molecule has 2 N–H and O–H groups in total. The first-order valence-corrected chi connectivity index (χ1v) is 6.15. The molecule has 0 radical (unpaired) electrons. The molecule has 0 saturated heterocycles. The van der Waals surface area contributed by atoms with Gasteiger partial charge in [-0.15, -0.1) is 0 Å². The molecular weight excluding hydrogens is 251 g/mol. The van der Waals surface area contributed by atoms with E-state index in [0.717, 1.165) is 10.2 Å². The molecule has 0 aliphatic rings. The molecule has 1 aromatic heterocycles. The maximum Gasteiger partial charge on any atom is 0.188 e. The van der Waals surface area contributed by atoms with Gasteiger partial charge in [0.1, 0.15) is 0 Å². The standard InChI is InChI=1S/C13H9FN2OS/c14-9-6-5-8(7-11(9)17)15-13-16-10-3-1-2-4-12(10)18-13/h1-7,17H,(H,15,16). The van der Waals surface area contributed by atoms with Crippen LogP contribution in [0.5, 0.6) is 5.75 Å². The van der Waals surface area contributed by atoms with Crippen LogP contribution >= 0.6 is 11.3 Å². The van der Waals surface area contributed by atoms with Crippen LogP contribution in [0, 0.1) is 5.82 Å². The Bertz CT molecular complexity index is 678. The Morgan fingerprint density at radius 3 is 2.78 bits per heavy atom. The highest BCUT2D eigenvalue weighted by Crippen LogP contribution is 2.29. The number of hydrogen-bond donors (Lipinski definition) is 2. The number of nitrogens with one attached hydrogen (secondary N) is 1. The van der Waals surface area contributed by atoms with Crippen molar-refractivity contribution < 1.29 is 9.50 Å². The molecule has 3 aromatic rings. The van der Waals surface area contributed by atoms with E-state index < -0.39 is 5.82 Å². The van der Waals surface area contributed by atoms with E-state index in [-0.39, 0.29) is 5.75 Å². The molecule has 18 heavy (non-hydrogen) atoms. The van der Waals surface area contributed by atoms with Crippen LogP contribution < -0.4 is 5.32 Å². The van der Waals surface area contributed by atoms with Gasteiger partial charge in [-0.05, 0) is 24.3 Å². The minimum atomic E-state index is -0.634. The number of aromatic nitrogens is 1. The number of anilines is 2. The van der Waals surface area contributed by atoms with Crippen LogP contribution in [0.1, 0.15) is 0 Å². The summed E-state index contributed by atoms with van der Waals surface area (Å²) < 4.78 is 14.0. The highest BCUT2D eigenvalue weighted by molar-refractivity contribution is 7.22. The molecule has 5 heteroatoms. The summed E-state index contributed by atoms with van der Waals surface area (Å²) in [7, 11) is 0. The van der Waals surface area contributed by atoms with Crippen molar-refractivity contribution in [2.24, 2.45) is 0 Å². The fourth-order valence-electron chi connectivity index (χ4n) is 1.64. The quantitative estimate of drug-likeness (QED) is 0.734. The lowest BCUT2D eigenvalue weighted by Gasteiger charge is -2.02. The second-order valence-electron chi connectivity index (χ2n) is 3.78. The topological polar surface area (TPSA) is 45.1 Å². The molecule has 0 atom stereocenters. The van der Waals surface area contributed by atoms with Crippen LogP contribution in [-0.2, 0) is 0 Å². The molecule has 0 spiro atoms. The Morgan fingerprint density at radius 2 is 2.00 bits per heavy atom. The molecule has 0 bridgehead atoms. The zero-order chi connectivity index (χ0) is 12.5. The van der Waals surface area contributed by atoms with E-state index in [4.69, 9.17) is 0 Å². The molecule has 2 aromatic carbocycles. The number of para-hydroxylation sites is 1. The lowest BCUT2D eigenvalue weighted by Crippen LogP contribution is -1.89. The van der Waals surface area contributed by atoms with Gasteiger partial charge in [0.15, 0.2) is 16.7 Å². The number of hydrogen-bond acceptors (Lipinski definition) is 4. The van der Waals surface area contributed by atoms with Crippen LogP contribution in [-0.4, -0.2) is 10.1 Å². The molecule has 3 rings (SSSR count). The van der Waals surface area contributed by atoms with Crippen LogP contribution in [0.2, 0.25) is 0 Å². The van der Waals surface area contributed by atoms with E-state index in [2.05, 4.69) is 10.3 Å². The lowest BCUT2D eigenvalue weighted by molar-refractivity contribution is 0.433. The minimum Gasteiger partial charge on any atom is -0.505 e. The smallest absolute Gasteiger partial charge is 0.188 e. The molecule has 0 aliphatic carbocycles. The van der Waals surface area contributed by atoms with E-state index in [1.807, 2.05) is 24.3 Å². The van der Waals surface area contributed by atoms with Gasteiger partial charge >= 0.3 is 0 Å². The van der Waals surface area contributed by atoms with Gasteiger partial charge in [-0.2, -0.15) is 0 Å². The fraction of sp³-hybridized carbons (Fsp3) is 0. The average molecular weight is 260 g/mol. The van der Waals surface area contributed by atoms with Crippen molar-refractivity contribution in [1.82, 2.24) is 4.98 Å². The predicted molar refractivity (Wildman–Crippen MR) is 71.0 cm³/mol. The summed E-state index contributed by atoms with van der Waals surface area (Å²) >= 11 is 1.50. The molecule has 3 nitrogen and oxygen atoms in total. The van der Waals surface area contributed by atoms with Crippen molar-refractivity contribution in [3.63, 3.8) is 0 Å². The van der Waals surface area contributed by atoms with Crippen molar-refractivity contribution in [2.45, 2.75) is 0 Å². The largest absolute Gasteiger partial charge is 0.505 e. The van der Waals surface area contributed by atoms with Crippen molar-refractivity contribution in [1.29, 1.82) is 0 Å². The number of benzene rings is 2. The first-order chi connectivity index (χ1) is 8.72. The van der Waals surface area contributed by atoms with Gasteiger partial charge in [0.2, 0.25) is 0 Å². The number of fused-ring (bicyclic) bond motifs is 1. The third-order valence-electron chi connectivity index (χ3n) is 2.49. The Labute approximate surface area is 107 Å². The maximum absolute atomic E-state index is 12.9. The summed E-state index contributed by atoms with van der Waals surface area (Å²) in [4.78, 5) is 4.39. The lowest BCUT2D eigenvalue weighted by atomic mass is 10.3. The van der Waals surface area contributed by atoms with Gasteiger partial charge in [-0.25, -0.2) is 9.37 Å². The summed E-state index contributed by atoms with van der Waals surface area (Å²) in [6, 6.07) is 11.9. The second-order valence-corrected chi connectivity index (χ2v) is 4.81. The van der Waals surface area contributed by atoms with Crippen LogP contribution in [0.3, 0.4) is 0 Å². The number of phenols is 1. The Balaban J connectivity index is 1.93. The van der Waals surface area contributed by atoms with Crippen LogP contribution in [0.4, 0.5) is 15.2 Å². The van der Waals surface area contributed by atoms with E-state index in [0.29, 0.717) is 10.8 Å². The number of aromatic hydroxyl groups is 1. The highest BCUT2D eigenvalue weighted by Gasteiger charge is 2.05. The van der Waals surface area contributed by atoms with E-state index >= 15 is 0 Å². The minimum absolute atomic E-state index is 0.374. The third kappa shape index (κ3) is 2.00. The molecule has 0 unspecified atom stereocenters. The Hall–Kier alpha value is -2.14. The van der Waals surface area contributed by atoms with E-state index in [1.165, 1.54) is 23.5 Å². The summed E-state index contributed by atoms with van der Waals surface area (Å²) in [5, 5.41) is 13.0. The summed E-state index contributed by atoms with van der Waals surface area (Å²) in [5.41, 5.74) is 1.52. The zero-order valence-corrected chi connectivity index (χ0v) is 10.0. The molecule has 0 fully saturated rings. The first kappa shape index (κ1) is 11.0. The number of rotatable bonds is 2. The fourth-order valence-corrected chi connectivity index (χ4v) is 2.53. The number of thiazole rings is 1. The Kier molecular flexibility index (Phi) is 2.60. The van der Waals surface area contributed by atoms with Gasteiger partial charge in [0.25, 0.3) is 0 Å².